The molecule has 1 aliphatic heterocycles. The van der Waals surface area contributed by atoms with Crippen LogP contribution in [0.3, 0.4) is 0 Å². The van der Waals surface area contributed by atoms with Gasteiger partial charge in [0.25, 0.3) is 0 Å². The Balaban J connectivity index is 1.49. The standard InChI is InChI=1S/C17H21N5O3S/c1-2-25-17(24)22-9-7-21(8-10-22)15(23)11-13-12-26-16(19-13)20-14-5-3-4-6-18-14/h3-6,12H,2,7-11H2,1H3,(H,18,19,20). The molecule has 138 valence electrons. The molecule has 0 atom stereocenters. The zero-order valence-electron chi connectivity index (χ0n) is 14.6. The molecule has 2 amide bonds. The highest BCUT2D eigenvalue weighted by molar-refractivity contribution is 7.13. The number of rotatable bonds is 5. The molecule has 0 bridgehead atoms. The van der Waals surface area contributed by atoms with E-state index < -0.39 is 0 Å². The van der Waals surface area contributed by atoms with E-state index in [2.05, 4.69) is 15.3 Å². The van der Waals surface area contributed by atoms with E-state index in [1.807, 2.05) is 23.6 Å². The predicted molar refractivity (Wildman–Crippen MR) is 98.5 cm³/mol. The fraction of sp³-hybridized carbons (Fsp3) is 0.412. The smallest absolute Gasteiger partial charge is 0.409 e. The number of nitrogens with one attached hydrogen (secondary N) is 1. The molecule has 0 unspecified atom stereocenters. The number of amides is 2. The number of piperazine rings is 1. The van der Waals surface area contributed by atoms with Crippen LogP contribution >= 0.6 is 11.3 Å². The van der Waals surface area contributed by atoms with Gasteiger partial charge >= 0.3 is 6.09 Å². The first-order valence-corrected chi connectivity index (χ1v) is 9.35. The second-order valence-corrected chi connectivity index (χ2v) is 6.59. The Labute approximate surface area is 155 Å². The second kappa shape index (κ2) is 8.61. The number of carbonyl (C=O) groups excluding carboxylic acids is 2. The number of aromatic nitrogens is 2. The monoisotopic (exact) mass is 375 g/mol. The van der Waals surface area contributed by atoms with E-state index in [1.165, 1.54) is 11.3 Å². The normalized spacial score (nSPS) is 14.2. The first kappa shape index (κ1) is 18.1. The van der Waals surface area contributed by atoms with Crippen molar-refractivity contribution in [1.29, 1.82) is 0 Å². The van der Waals surface area contributed by atoms with E-state index in [4.69, 9.17) is 4.74 Å². The van der Waals surface area contributed by atoms with Gasteiger partial charge in [0.05, 0.1) is 18.7 Å². The zero-order valence-corrected chi connectivity index (χ0v) is 15.4. The number of hydrogen-bond donors (Lipinski definition) is 1. The Kier molecular flexibility index (Phi) is 6.00. The molecule has 9 heteroatoms. The highest BCUT2D eigenvalue weighted by Gasteiger charge is 2.25. The van der Waals surface area contributed by atoms with Gasteiger partial charge in [-0.15, -0.1) is 11.3 Å². The van der Waals surface area contributed by atoms with Gasteiger partial charge in [0.1, 0.15) is 5.82 Å². The molecule has 3 heterocycles. The third-order valence-corrected chi connectivity index (χ3v) is 4.75. The molecule has 2 aromatic rings. The Morgan fingerprint density at radius 2 is 2.00 bits per heavy atom. The van der Waals surface area contributed by atoms with Gasteiger partial charge in [-0.1, -0.05) is 6.07 Å². The van der Waals surface area contributed by atoms with Crippen molar-refractivity contribution < 1.29 is 14.3 Å². The minimum Gasteiger partial charge on any atom is -0.450 e. The summed E-state index contributed by atoms with van der Waals surface area (Å²) in [6.45, 7) is 4.16. The molecule has 1 aliphatic rings. The summed E-state index contributed by atoms with van der Waals surface area (Å²) in [5.41, 5.74) is 0.728. The van der Waals surface area contributed by atoms with Crippen molar-refractivity contribution in [3.63, 3.8) is 0 Å². The maximum atomic E-state index is 12.5. The lowest BCUT2D eigenvalue weighted by Gasteiger charge is -2.34. The molecule has 0 aliphatic carbocycles. The van der Waals surface area contributed by atoms with E-state index in [-0.39, 0.29) is 18.4 Å². The van der Waals surface area contributed by atoms with Crippen LogP contribution in [-0.2, 0) is 16.0 Å². The molecule has 0 saturated carbocycles. The number of anilines is 2. The SMILES string of the molecule is CCOC(=O)N1CCN(C(=O)Cc2csc(Nc3ccccn3)n2)CC1. The summed E-state index contributed by atoms with van der Waals surface area (Å²) >= 11 is 1.44. The van der Waals surface area contributed by atoms with Crippen LogP contribution in [0.2, 0.25) is 0 Å². The van der Waals surface area contributed by atoms with Crippen molar-refractivity contribution >= 4 is 34.3 Å². The molecule has 3 rings (SSSR count). The molecule has 0 spiro atoms. The number of pyridine rings is 1. The molecule has 0 aromatic carbocycles. The Morgan fingerprint density at radius 3 is 2.69 bits per heavy atom. The summed E-state index contributed by atoms with van der Waals surface area (Å²) < 4.78 is 4.99. The third kappa shape index (κ3) is 4.69. The molecule has 1 fully saturated rings. The maximum absolute atomic E-state index is 12.5. The van der Waals surface area contributed by atoms with Gasteiger partial charge in [0, 0.05) is 37.8 Å². The van der Waals surface area contributed by atoms with Crippen LogP contribution < -0.4 is 5.32 Å². The van der Waals surface area contributed by atoms with E-state index in [0.29, 0.717) is 37.9 Å². The number of ether oxygens (including phenoxy) is 1. The minimum absolute atomic E-state index is 0.0168. The second-order valence-electron chi connectivity index (χ2n) is 5.73. The summed E-state index contributed by atoms with van der Waals surface area (Å²) in [6, 6.07) is 5.59. The van der Waals surface area contributed by atoms with E-state index in [0.717, 1.165) is 11.5 Å². The van der Waals surface area contributed by atoms with Crippen molar-refractivity contribution in [2.45, 2.75) is 13.3 Å². The summed E-state index contributed by atoms with van der Waals surface area (Å²) in [5.74, 6) is 0.734. The van der Waals surface area contributed by atoms with Crippen LogP contribution in [0.5, 0.6) is 0 Å². The summed E-state index contributed by atoms with van der Waals surface area (Å²) in [4.78, 5) is 36.2. The fourth-order valence-electron chi connectivity index (χ4n) is 2.61. The fourth-order valence-corrected chi connectivity index (χ4v) is 3.33. The first-order valence-electron chi connectivity index (χ1n) is 8.47. The molecular formula is C17H21N5O3S. The van der Waals surface area contributed by atoms with E-state index in [1.54, 1.807) is 22.9 Å². The van der Waals surface area contributed by atoms with Crippen molar-refractivity contribution in [2.24, 2.45) is 0 Å². The van der Waals surface area contributed by atoms with E-state index >= 15 is 0 Å². The van der Waals surface area contributed by atoms with E-state index in [9.17, 15) is 9.59 Å². The number of thiazole rings is 1. The largest absolute Gasteiger partial charge is 0.450 e. The van der Waals surface area contributed by atoms with Crippen LogP contribution in [0.25, 0.3) is 0 Å². The van der Waals surface area contributed by atoms with Gasteiger partial charge in [-0.05, 0) is 19.1 Å². The quantitative estimate of drug-likeness (QED) is 0.861. The number of nitrogens with zero attached hydrogens (tertiary/aromatic N) is 4. The van der Waals surface area contributed by atoms with Crippen LogP contribution in [0, 0.1) is 0 Å². The predicted octanol–water partition coefficient (Wildman–Crippen LogP) is 2.12. The van der Waals surface area contributed by atoms with Crippen LogP contribution in [0.4, 0.5) is 15.7 Å². The molecule has 26 heavy (non-hydrogen) atoms. The highest BCUT2D eigenvalue weighted by Crippen LogP contribution is 2.20. The summed E-state index contributed by atoms with van der Waals surface area (Å²) in [6.07, 6.45) is 1.64. The highest BCUT2D eigenvalue weighted by atomic mass is 32.1. The molecule has 0 radical (unpaired) electrons. The molecule has 1 N–H and O–H groups in total. The lowest BCUT2D eigenvalue weighted by Crippen LogP contribution is -2.51. The number of carbonyl (C=O) groups is 2. The molecule has 8 nitrogen and oxygen atoms in total. The van der Waals surface area contributed by atoms with Crippen molar-refractivity contribution in [3.8, 4) is 0 Å². The Hall–Kier alpha value is -2.68. The third-order valence-electron chi connectivity index (χ3n) is 3.94. The minimum atomic E-state index is -0.315. The van der Waals surface area contributed by atoms with Gasteiger partial charge in [-0.25, -0.2) is 14.8 Å². The zero-order chi connectivity index (χ0) is 18.4. The lowest BCUT2D eigenvalue weighted by molar-refractivity contribution is -0.132. The van der Waals surface area contributed by atoms with Gasteiger partial charge in [0.15, 0.2) is 5.13 Å². The first-order chi connectivity index (χ1) is 12.7. The Morgan fingerprint density at radius 1 is 1.23 bits per heavy atom. The summed E-state index contributed by atoms with van der Waals surface area (Å²) in [5, 5.41) is 5.70. The van der Waals surface area contributed by atoms with Crippen molar-refractivity contribution in [3.05, 3.63) is 35.5 Å². The van der Waals surface area contributed by atoms with Crippen LogP contribution in [-0.4, -0.2) is 64.6 Å². The topological polar surface area (TPSA) is 87.7 Å². The van der Waals surface area contributed by atoms with Gasteiger partial charge < -0.3 is 19.9 Å². The number of hydrogen-bond acceptors (Lipinski definition) is 7. The van der Waals surface area contributed by atoms with Gasteiger partial charge in [-0.2, -0.15) is 0 Å². The Bertz CT molecular complexity index is 744. The lowest BCUT2D eigenvalue weighted by atomic mass is 10.2. The summed E-state index contributed by atoms with van der Waals surface area (Å²) in [7, 11) is 0. The average Bonchev–Trinajstić information content (AvgIpc) is 3.09. The van der Waals surface area contributed by atoms with Crippen molar-refractivity contribution in [1.82, 2.24) is 19.8 Å². The van der Waals surface area contributed by atoms with Crippen molar-refractivity contribution in [2.75, 3.05) is 38.1 Å². The van der Waals surface area contributed by atoms with Crippen LogP contribution in [0.1, 0.15) is 12.6 Å². The van der Waals surface area contributed by atoms with Gasteiger partial charge in [-0.3, -0.25) is 4.79 Å². The maximum Gasteiger partial charge on any atom is 0.409 e. The molecule has 1 saturated heterocycles. The molecule has 2 aromatic heterocycles. The molecular weight excluding hydrogens is 354 g/mol. The van der Waals surface area contributed by atoms with Crippen LogP contribution in [0.15, 0.2) is 29.8 Å². The van der Waals surface area contributed by atoms with Gasteiger partial charge in [0.2, 0.25) is 5.91 Å². The average molecular weight is 375 g/mol.